The van der Waals surface area contributed by atoms with E-state index < -0.39 is 29.0 Å². The molecule has 11 heteroatoms. The van der Waals surface area contributed by atoms with Crippen LogP contribution in [0.15, 0.2) is 67.4 Å². The second-order valence-corrected chi connectivity index (χ2v) is 6.26. The van der Waals surface area contributed by atoms with Gasteiger partial charge < -0.3 is 0 Å². The Hall–Kier alpha value is -3.63. The number of halogens is 6. The lowest BCUT2D eigenvalue weighted by Crippen LogP contribution is -2.11. The molecule has 0 spiro atoms. The average molecular weight is 423 g/mol. The largest absolute Gasteiger partial charge is 0.416 e. The molecule has 0 radical (unpaired) electrons. The number of alkyl halides is 6. The normalized spacial score (nSPS) is 12.3. The van der Waals surface area contributed by atoms with Gasteiger partial charge in [0.05, 0.1) is 17.3 Å². The summed E-state index contributed by atoms with van der Waals surface area (Å²) in [7, 11) is 0. The molecule has 2 aromatic carbocycles. The van der Waals surface area contributed by atoms with Crippen LogP contribution in [0.1, 0.15) is 11.1 Å². The summed E-state index contributed by atoms with van der Waals surface area (Å²) < 4.78 is 81.4. The van der Waals surface area contributed by atoms with Crippen molar-refractivity contribution in [2.24, 2.45) is 0 Å². The first-order chi connectivity index (χ1) is 14.1. The van der Waals surface area contributed by atoms with Gasteiger partial charge in [-0.15, -0.1) is 5.10 Å². The maximum absolute atomic E-state index is 13.1. The van der Waals surface area contributed by atoms with Gasteiger partial charge in [-0.2, -0.15) is 26.3 Å². The van der Waals surface area contributed by atoms with Crippen molar-refractivity contribution in [1.29, 1.82) is 0 Å². The number of aromatic nitrogens is 5. The molecular weight excluding hydrogens is 412 g/mol. The monoisotopic (exact) mass is 423 g/mol. The highest BCUT2D eigenvalue weighted by molar-refractivity contribution is 5.58. The van der Waals surface area contributed by atoms with Crippen LogP contribution in [-0.2, 0) is 12.4 Å². The van der Waals surface area contributed by atoms with E-state index in [1.54, 1.807) is 28.8 Å². The zero-order valence-electron chi connectivity index (χ0n) is 14.9. The molecule has 0 aliphatic carbocycles. The molecule has 4 rings (SSSR count). The quantitative estimate of drug-likeness (QED) is 0.428. The Balaban J connectivity index is 1.78. The first kappa shape index (κ1) is 19.7. The molecule has 0 saturated carbocycles. The number of hydrogen-bond acceptors (Lipinski definition) is 3. The maximum atomic E-state index is 13.1. The van der Waals surface area contributed by atoms with Crippen molar-refractivity contribution in [3.8, 4) is 22.9 Å². The number of imidazole rings is 1. The molecule has 154 valence electrons. The van der Waals surface area contributed by atoms with Gasteiger partial charge in [0.25, 0.3) is 0 Å². The fourth-order valence-corrected chi connectivity index (χ4v) is 2.83. The van der Waals surface area contributed by atoms with Gasteiger partial charge in [-0.05, 0) is 30.3 Å². The van der Waals surface area contributed by atoms with Crippen LogP contribution in [-0.4, -0.2) is 24.3 Å². The number of nitrogens with zero attached hydrogens (tertiary/aromatic N) is 5. The van der Waals surface area contributed by atoms with E-state index in [2.05, 4.69) is 15.1 Å². The number of hydrogen-bond donors (Lipinski definition) is 0. The Kier molecular flexibility index (Phi) is 4.60. The van der Waals surface area contributed by atoms with E-state index in [0.29, 0.717) is 18.0 Å². The minimum atomic E-state index is -4.95. The standard InChI is InChI=1S/C19H11F6N5/c20-18(21,22)13-6-12(7-14(8-13)19(23,24)25)17-27-11-30(28-17)16-9-26-10-29(16)15-4-2-1-3-5-15/h1-11H. The van der Waals surface area contributed by atoms with Crippen molar-refractivity contribution >= 4 is 0 Å². The summed E-state index contributed by atoms with van der Waals surface area (Å²) in [6.07, 6.45) is -5.77. The van der Waals surface area contributed by atoms with E-state index in [4.69, 9.17) is 0 Å². The molecule has 0 atom stereocenters. The Morgan fingerprint density at radius 3 is 2.00 bits per heavy atom. The van der Waals surface area contributed by atoms with Gasteiger partial charge in [0.15, 0.2) is 11.6 Å². The van der Waals surface area contributed by atoms with Gasteiger partial charge in [-0.25, -0.2) is 14.6 Å². The van der Waals surface area contributed by atoms with Crippen LogP contribution >= 0.6 is 0 Å². The molecule has 4 aromatic rings. The topological polar surface area (TPSA) is 48.5 Å². The number of para-hydroxylation sites is 1. The van der Waals surface area contributed by atoms with Crippen molar-refractivity contribution < 1.29 is 26.3 Å². The SMILES string of the molecule is FC(F)(F)c1cc(-c2ncn(-c3cncn3-c3ccccc3)n2)cc(C(F)(F)F)c1. The van der Waals surface area contributed by atoms with Gasteiger partial charge in [-0.3, -0.25) is 4.57 Å². The molecule has 0 saturated heterocycles. The molecule has 0 aliphatic heterocycles. The van der Waals surface area contributed by atoms with Crippen molar-refractivity contribution in [1.82, 2.24) is 24.3 Å². The summed E-state index contributed by atoms with van der Waals surface area (Å²) in [5.74, 6) is 0.121. The number of rotatable bonds is 3. The van der Waals surface area contributed by atoms with Crippen LogP contribution in [0.25, 0.3) is 22.9 Å². The summed E-state index contributed by atoms with van der Waals surface area (Å²) in [6, 6.07) is 10.2. The molecule has 0 fully saturated rings. The summed E-state index contributed by atoms with van der Waals surface area (Å²) >= 11 is 0. The third-order valence-corrected chi connectivity index (χ3v) is 4.23. The van der Waals surface area contributed by atoms with E-state index in [0.717, 1.165) is 5.69 Å². The lowest BCUT2D eigenvalue weighted by molar-refractivity contribution is -0.143. The molecule has 2 heterocycles. The zero-order valence-corrected chi connectivity index (χ0v) is 14.9. The lowest BCUT2D eigenvalue weighted by atomic mass is 10.0. The summed E-state index contributed by atoms with van der Waals surface area (Å²) in [6.45, 7) is 0. The van der Waals surface area contributed by atoms with Crippen LogP contribution in [0.3, 0.4) is 0 Å². The van der Waals surface area contributed by atoms with Crippen LogP contribution in [0.2, 0.25) is 0 Å². The second kappa shape index (κ2) is 7.01. The highest BCUT2D eigenvalue weighted by Gasteiger charge is 2.37. The van der Waals surface area contributed by atoms with Crippen molar-refractivity contribution in [3.05, 3.63) is 78.5 Å². The fraction of sp³-hybridized carbons (Fsp3) is 0.105. The molecule has 2 aromatic heterocycles. The van der Waals surface area contributed by atoms with E-state index in [1.165, 1.54) is 23.5 Å². The molecule has 0 bridgehead atoms. The van der Waals surface area contributed by atoms with Crippen LogP contribution in [0.5, 0.6) is 0 Å². The predicted octanol–water partition coefficient (Wildman–Crippen LogP) is 5.16. The van der Waals surface area contributed by atoms with Crippen molar-refractivity contribution in [2.75, 3.05) is 0 Å². The minimum absolute atomic E-state index is 0.0605. The van der Waals surface area contributed by atoms with Crippen molar-refractivity contribution in [2.45, 2.75) is 12.4 Å². The molecule has 30 heavy (non-hydrogen) atoms. The Morgan fingerprint density at radius 2 is 1.40 bits per heavy atom. The summed E-state index contributed by atoms with van der Waals surface area (Å²) in [5.41, 5.74) is -2.53. The van der Waals surface area contributed by atoms with Crippen LogP contribution in [0.4, 0.5) is 26.3 Å². The van der Waals surface area contributed by atoms with Gasteiger partial charge in [0, 0.05) is 11.3 Å². The molecule has 0 amide bonds. The highest BCUT2D eigenvalue weighted by atomic mass is 19.4. The molecular formula is C19H11F6N5. The van der Waals surface area contributed by atoms with Crippen molar-refractivity contribution in [3.63, 3.8) is 0 Å². The van der Waals surface area contributed by atoms with Gasteiger partial charge in [0.1, 0.15) is 12.7 Å². The Bertz CT molecular complexity index is 1140. The van der Waals surface area contributed by atoms with Gasteiger partial charge in [-0.1, -0.05) is 18.2 Å². The lowest BCUT2D eigenvalue weighted by Gasteiger charge is -2.13. The molecule has 0 N–H and O–H groups in total. The van der Waals surface area contributed by atoms with E-state index >= 15 is 0 Å². The highest BCUT2D eigenvalue weighted by Crippen LogP contribution is 2.38. The first-order valence-electron chi connectivity index (χ1n) is 8.42. The van der Waals surface area contributed by atoms with Gasteiger partial charge >= 0.3 is 12.4 Å². The summed E-state index contributed by atoms with van der Waals surface area (Å²) in [4.78, 5) is 7.93. The smallest absolute Gasteiger partial charge is 0.284 e. The first-order valence-corrected chi connectivity index (χ1v) is 8.42. The van der Waals surface area contributed by atoms with Crippen LogP contribution < -0.4 is 0 Å². The minimum Gasteiger partial charge on any atom is -0.284 e. The molecule has 0 aliphatic rings. The molecule has 5 nitrogen and oxygen atoms in total. The molecule has 0 unspecified atom stereocenters. The number of benzene rings is 2. The van der Waals surface area contributed by atoms with E-state index in [9.17, 15) is 26.3 Å². The third-order valence-electron chi connectivity index (χ3n) is 4.23. The average Bonchev–Trinajstić information content (AvgIpc) is 3.36. The Morgan fingerprint density at radius 1 is 0.767 bits per heavy atom. The van der Waals surface area contributed by atoms with E-state index in [-0.39, 0.29) is 11.9 Å². The Labute approximate surface area is 165 Å². The fourth-order valence-electron chi connectivity index (χ4n) is 2.83. The van der Waals surface area contributed by atoms with E-state index in [1.807, 2.05) is 6.07 Å². The van der Waals surface area contributed by atoms with Gasteiger partial charge in [0.2, 0.25) is 0 Å². The van der Waals surface area contributed by atoms with Crippen LogP contribution in [0, 0.1) is 0 Å². The second-order valence-electron chi connectivity index (χ2n) is 6.26. The summed E-state index contributed by atoms with van der Waals surface area (Å²) in [5, 5.41) is 4.07. The maximum Gasteiger partial charge on any atom is 0.416 e. The zero-order chi connectivity index (χ0) is 21.5. The predicted molar refractivity (Wildman–Crippen MR) is 93.9 cm³/mol. The third kappa shape index (κ3) is 3.78.